The first kappa shape index (κ1) is 11.8. The van der Waals surface area contributed by atoms with Crippen LogP contribution in [-0.2, 0) is 10.2 Å². The lowest BCUT2D eigenvalue weighted by Gasteiger charge is -2.46. The summed E-state index contributed by atoms with van der Waals surface area (Å²) in [5.74, 6) is 1.66. The molecular weight excluding hydrogens is 230 g/mol. The third kappa shape index (κ3) is 1.60. The third-order valence-corrected chi connectivity index (χ3v) is 4.02. The van der Waals surface area contributed by atoms with E-state index in [2.05, 4.69) is 13.0 Å². The summed E-state index contributed by atoms with van der Waals surface area (Å²) in [6.07, 6.45) is 0. The van der Waals surface area contributed by atoms with Crippen molar-refractivity contribution in [2.24, 2.45) is 5.73 Å². The van der Waals surface area contributed by atoms with Gasteiger partial charge in [-0.3, -0.25) is 0 Å². The highest BCUT2D eigenvalue weighted by Gasteiger charge is 2.45. The largest absolute Gasteiger partial charge is 0.486 e. The molecule has 0 aromatic heterocycles. The van der Waals surface area contributed by atoms with Crippen LogP contribution in [-0.4, -0.2) is 32.5 Å². The lowest BCUT2D eigenvalue weighted by Crippen LogP contribution is -2.57. The molecule has 1 aromatic carbocycles. The molecule has 0 aliphatic carbocycles. The van der Waals surface area contributed by atoms with Gasteiger partial charge in [0.1, 0.15) is 13.2 Å². The Hall–Kier alpha value is -1.26. The van der Waals surface area contributed by atoms with Gasteiger partial charge >= 0.3 is 0 Å². The molecule has 1 fully saturated rings. The number of hydrogen-bond donors (Lipinski definition) is 1. The summed E-state index contributed by atoms with van der Waals surface area (Å²) in [5, 5.41) is 0. The molecule has 0 radical (unpaired) electrons. The first-order chi connectivity index (χ1) is 8.63. The van der Waals surface area contributed by atoms with Crippen LogP contribution >= 0.6 is 0 Å². The van der Waals surface area contributed by atoms with Crippen LogP contribution in [0.4, 0.5) is 0 Å². The Labute approximate surface area is 107 Å². The maximum Gasteiger partial charge on any atom is 0.161 e. The second kappa shape index (κ2) is 4.14. The molecule has 4 nitrogen and oxygen atoms in total. The summed E-state index contributed by atoms with van der Waals surface area (Å²) >= 11 is 0. The molecule has 0 bridgehead atoms. The number of benzene rings is 1. The van der Waals surface area contributed by atoms with E-state index in [1.165, 1.54) is 11.1 Å². The topological polar surface area (TPSA) is 53.7 Å². The molecule has 2 aliphatic heterocycles. The van der Waals surface area contributed by atoms with Gasteiger partial charge in [0.15, 0.2) is 11.5 Å². The van der Waals surface area contributed by atoms with E-state index >= 15 is 0 Å². The van der Waals surface area contributed by atoms with Crippen molar-refractivity contribution in [3.05, 3.63) is 23.3 Å². The Morgan fingerprint density at radius 1 is 1.17 bits per heavy atom. The van der Waals surface area contributed by atoms with Gasteiger partial charge in [0.2, 0.25) is 0 Å². The van der Waals surface area contributed by atoms with Crippen LogP contribution in [0.3, 0.4) is 0 Å². The number of fused-ring (bicyclic) bond motifs is 1. The standard InChI is InChI=1S/C14H19NO3/c1-9-5-12-13(18-4-3-17-12)6-11(9)14(10(2)15)7-16-8-14/h5-6,10H,3-4,7-8,15H2,1-2H3. The van der Waals surface area contributed by atoms with Crippen molar-refractivity contribution in [1.82, 2.24) is 0 Å². The Balaban J connectivity index is 2.06. The van der Waals surface area contributed by atoms with Gasteiger partial charge in [-0.05, 0) is 37.1 Å². The highest BCUT2D eigenvalue weighted by Crippen LogP contribution is 2.42. The van der Waals surface area contributed by atoms with Crippen molar-refractivity contribution in [3.8, 4) is 11.5 Å². The maximum absolute atomic E-state index is 6.16. The Morgan fingerprint density at radius 2 is 1.78 bits per heavy atom. The van der Waals surface area contributed by atoms with Gasteiger partial charge in [-0.15, -0.1) is 0 Å². The summed E-state index contributed by atoms with van der Waals surface area (Å²) in [5.41, 5.74) is 8.51. The lowest BCUT2D eigenvalue weighted by molar-refractivity contribution is -0.0706. The average molecular weight is 249 g/mol. The van der Waals surface area contributed by atoms with Gasteiger partial charge in [-0.25, -0.2) is 0 Å². The van der Waals surface area contributed by atoms with E-state index in [4.69, 9.17) is 19.9 Å². The van der Waals surface area contributed by atoms with Gasteiger partial charge in [0.25, 0.3) is 0 Å². The minimum Gasteiger partial charge on any atom is -0.486 e. The molecule has 0 spiro atoms. The molecular formula is C14H19NO3. The zero-order valence-electron chi connectivity index (χ0n) is 10.9. The highest BCUT2D eigenvalue weighted by molar-refractivity contribution is 5.51. The molecule has 0 saturated carbocycles. The van der Waals surface area contributed by atoms with Crippen LogP contribution in [0.1, 0.15) is 18.1 Å². The number of hydrogen-bond acceptors (Lipinski definition) is 4. The number of nitrogens with two attached hydrogens (primary N) is 1. The Morgan fingerprint density at radius 3 is 2.28 bits per heavy atom. The summed E-state index contributed by atoms with van der Waals surface area (Å²) < 4.78 is 16.7. The Bertz CT molecular complexity index is 466. The summed E-state index contributed by atoms with van der Waals surface area (Å²) in [6, 6.07) is 4.19. The first-order valence-corrected chi connectivity index (χ1v) is 6.37. The van der Waals surface area contributed by atoms with Crippen LogP contribution in [0.25, 0.3) is 0 Å². The first-order valence-electron chi connectivity index (χ1n) is 6.37. The van der Waals surface area contributed by atoms with Gasteiger partial charge < -0.3 is 19.9 Å². The van der Waals surface area contributed by atoms with E-state index in [-0.39, 0.29) is 11.5 Å². The van der Waals surface area contributed by atoms with E-state index in [1.807, 2.05) is 13.0 Å². The van der Waals surface area contributed by atoms with Gasteiger partial charge in [0, 0.05) is 6.04 Å². The summed E-state index contributed by atoms with van der Waals surface area (Å²) in [6.45, 7) is 6.73. The highest BCUT2D eigenvalue weighted by atomic mass is 16.6. The maximum atomic E-state index is 6.16. The fourth-order valence-corrected chi connectivity index (χ4v) is 2.71. The van der Waals surface area contributed by atoms with E-state index in [0.717, 1.165) is 11.5 Å². The van der Waals surface area contributed by atoms with Gasteiger partial charge in [-0.2, -0.15) is 0 Å². The molecule has 4 heteroatoms. The molecule has 3 rings (SSSR count). The van der Waals surface area contributed by atoms with Crippen molar-refractivity contribution >= 4 is 0 Å². The molecule has 2 N–H and O–H groups in total. The monoisotopic (exact) mass is 249 g/mol. The second-order valence-corrected chi connectivity index (χ2v) is 5.25. The van der Waals surface area contributed by atoms with E-state index in [1.54, 1.807) is 0 Å². The molecule has 1 saturated heterocycles. The quantitative estimate of drug-likeness (QED) is 0.860. The van der Waals surface area contributed by atoms with Crippen molar-refractivity contribution in [3.63, 3.8) is 0 Å². The summed E-state index contributed by atoms with van der Waals surface area (Å²) in [4.78, 5) is 0. The van der Waals surface area contributed by atoms with Crippen LogP contribution in [0.15, 0.2) is 12.1 Å². The number of ether oxygens (including phenoxy) is 3. The second-order valence-electron chi connectivity index (χ2n) is 5.25. The molecule has 1 unspecified atom stereocenters. The fraction of sp³-hybridized carbons (Fsp3) is 0.571. The van der Waals surface area contributed by atoms with Gasteiger partial charge in [-0.1, -0.05) is 0 Å². The molecule has 18 heavy (non-hydrogen) atoms. The zero-order valence-corrected chi connectivity index (χ0v) is 10.9. The van der Waals surface area contributed by atoms with Gasteiger partial charge in [0.05, 0.1) is 18.6 Å². The smallest absolute Gasteiger partial charge is 0.161 e. The van der Waals surface area contributed by atoms with Crippen LogP contribution in [0, 0.1) is 6.92 Å². The minimum atomic E-state index is -0.0695. The Kier molecular flexibility index (Phi) is 2.72. The van der Waals surface area contributed by atoms with E-state index in [0.29, 0.717) is 26.4 Å². The van der Waals surface area contributed by atoms with Crippen molar-refractivity contribution < 1.29 is 14.2 Å². The molecule has 1 aromatic rings. The minimum absolute atomic E-state index is 0.0625. The predicted molar refractivity (Wildman–Crippen MR) is 68.3 cm³/mol. The molecule has 2 aliphatic rings. The molecule has 1 atom stereocenters. The van der Waals surface area contributed by atoms with E-state index in [9.17, 15) is 0 Å². The predicted octanol–water partition coefficient (Wildman–Crippen LogP) is 1.38. The average Bonchev–Trinajstić information content (AvgIpc) is 2.27. The molecule has 98 valence electrons. The normalized spacial score (nSPS) is 22.2. The number of rotatable bonds is 2. The molecule has 2 heterocycles. The van der Waals surface area contributed by atoms with Crippen molar-refractivity contribution in [2.45, 2.75) is 25.3 Å². The van der Waals surface area contributed by atoms with Crippen molar-refractivity contribution in [1.29, 1.82) is 0 Å². The van der Waals surface area contributed by atoms with E-state index < -0.39 is 0 Å². The SMILES string of the molecule is Cc1cc2c(cc1C1(C(C)N)COC1)OCCO2. The summed E-state index contributed by atoms with van der Waals surface area (Å²) in [7, 11) is 0. The lowest BCUT2D eigenvalue weighted by atomic mass is 9.71. The third-order valence-electron chi connectivity index (χ3n) is 4.02. The fourth-order valence-electron chi connectivity index (χ4n) is 2.71. The van der Waals surface area contributed by atoms with Crippen LogP contribution < -0.4 is 15.2 Å². The number of aryl methyl sites for hydroxylation is 1. The molecule has 0 amide bonds. The zero-order chi connectivity index (χ0) is 12.8. The van der Waals surface area contributed by atoms with Crippen LogP contribution in [0.2, 0.25) is 0 Å². The van der Waals surface area contributed by atoms with Crippen LogP contribution in [0.5, 0.6) is 11.5 Å². The van der Waals surface area contributed by atoms with Crippen molar-refractivity contribution in [2.75, 3.05) is 26.4 Å².